The zero-order valence-electron chi connectivity index (χ0n) is 17.3. The van der Waals surface area contributed by atoms with E-state index in [4.69, 9.17) is 9.47 Å². The minimum atomic E-state index is -0.686. The lowest BCUT2D eigenvalue weighted by molar-refractivity contribution is -0.114. The first-order chi connectivity index (χ1) is 14.4. The molecule has 0 bridgehead atoms. The lowest BCUT2D eigenvalue weighted by Gasteiger charge is -2.23. The molecule has 0 saturated heterocycles. The van der Waals surface area contributed by atoms with E-state index in [9.17, 15) is 19.8 Å². The molecule has 0 fully saturated rings. The second kappa shape index (κ2) is 11.1. The predicted octanol–water partition coefficient (Wildman–Crippen LogP) is 1.60. The number of aryl methyl sites for hydroxylation is 1. The van der Waals surface area contributed by atoms with Gasteiger partial charge in [0.25, 0.3) is 0 Å². The summed E-state index contributed by atoms with van der Waals surface area (Å²) in [5.41, 5.74) is 2.86. The predicted molar refractivity (Wildman–Crippen MR) is 113 cm³/mol. The first-order valence-corrected chi connectivity index (χ1v) is 9.55. The molecular formula is C21H27N3O6. The number of rotatable bonds is 9. The SMILES string of the molecule is CCOC(=O)NC1=CC(=O)C(OC)=CC1=Nc1ccc(N(CCO)CCO)cc1C. The van der Waals surface area contributed by atoms with Gasteiger partial charge in [0.15, 0.2) is 5.76 Å². The van der Waals surface area contributed by atoms with Crippen LogP contribution in [0.25, 0.3) is 0 Å². The number of carbonyl (C=O) groups is 2. The fourth-order valence-electron chi connectivity index (χ4n) is 2.88. The lowest BCUT2D eigenvalue weighted by Crippen LogP contribution is -2.30. The monoisotopic (exact) mass is 417 g/mol. The third-order valence-corrected chi connectivity index (χ3v) is 4.32. The van der Waals surface area contributed by atoms with Gasteiger partial charge in [-0.2, -0.15) is 0 Å². The third-order valence-electron chi connectivity index (χ3n) is 4.32. The maximum absolute atomic E-state index is 12.1. The molecule has 0 atom stereocenters. The van der Waals surface area contributed by atoms with Crippen LogP contribution in [0.1, 0.15) is 12.5 Å². The summed E-state index contributed by atoms with van der Waals surface area (Å²) < 4.78 is 9.98. The van der Waals surface area contributed by atoms with Crippen molar-refractivity contribution < 1.29 is 29.3 Å². The number of anilines is 1. The van der Waals surface area contributed by atoms with Crippen molar-refractivity contribution in [3.05, 3.63) is 47.4 Å². The molecule has 1 aromatic carbocycles. The van der Waals surface area contributed by atoms with Crippen LogP contribution in [0.4, 0.5) is 16.2 Å². The fourth-order valence-corrected chi connectivity index (χ4v) is 2.88. The largest absolute Gasteiger partial charge is 0.493 e. The summed E-state index contributed by atoms with van der Waals surface area (Å²) in [6, 6.07) is 5.51. The molecule has 0 aromatic heterocycles. The number of ether oxygens (including phenoxy) is 2. The van der Waals surface area contributed by atoms with E-state index in [1.807, 2.05) is 24.0 Å². The van der Waals surface area contributed by atoms with Crippen LogP contribution in [0, 0.1) is 6.92 Å². The number of carbonyl (C=O) groups excluding carboxylic acids is 2. The van der Waals surface area contributed by atoms with Crippen LogP contribution in [-0.2, 0) is 14.3 Å². The Hall–Kier alpha value is -3.17. The number of aliphatic hydroxyl groups is 2. The Bertz CT molecular complexity index is 869. The van der Waals surface area contributed by atoms with Crippen molar-refractivity contribution in [2.75, 3.05) is 44.9 Å². The standard InChI is InChI=1S/C21H27N3O6/c1-4-30-21(28)23-17-12-19(27)20(29-3)13-18(17)22-16-6-5-15(11-14(16)2)24(7-9-25)8-10-26/h5-6,11-13,25-26H,4,7-10H2,1-3H3,(H,23,28). The van der Waals surface area contributed by atoms with Crippen LogP contribution in [0.5, 0.6) is 0 Å². The number of hydrogen-bond donors (Lipinski definition) is 3. The minimum absolute atomic E-state index is 0.0323. The number of nitrogens with zero attached hydrogens (tertiary/aromatic N) is 2. The van der Waals surface area contributed by atoms with Gasteiger partial charge in [-0.25, -0.2) is 9.79 Å². The van der Waals surface area contributed by atoms with Crippen LogP contribution in [0.15, 0.2) is 46.8 Å². The normalized spacial score (nSPS) is 14.8. The molecule has 0 saturated carbocycles. The summed E-state index contributed by atoms with van der Waals surface area (Å²) >= 11 is 0. The molecule has 9 nitrogen and oxygen atoms in total. The number of aliphatic hydroxyl groups excluding tert-OH is 2. The highest BCUT2D eigenvalue weighted by molar-refractivity contribution is 6.22. The van der Waals surface area contributed by atoms with Gasteiger partial charge < -0.3 is 24.6 Å². The summed E-state index contributed by atoms with van der Waals surface area (Å²) in [7, 11) is 1.38. The van der Waals surface area contributed by atoms with Crippen molar-refractivity contribution in [3.63, 3.8) is 0 Å². The summed E-state index contributed by atoms with van der Waals surface area (Å²) in [6.07, 6.45) is 2.01. The Labute approximate surface area is 175 Å². The Morgan fingerprint density at radius 2 is 1.90 bits per heavy atom. The van der Waals surface area contributed by atoms with Crippen molar-refractivity contribution in [1.82, 2.24) is 5.32 Å². The van der Waals surface area contributed by atoms with Gasteiger partial charge in [0, 0.05) is 30.9 Å². The van der Waals surface area contributed by atoms with Crippen LogP contribution >= 0.6 is 0 Å². The van der Waals surface area contributed by atoms with Gasteiger partial charge in [0.1, 0.15) is 0 Å². The smallest absolute Gasteiger partial charge is 0.411 e. The first-order valence-electron chi connectivity index (χ1n) is 9.55. The number of amides is 1. The first kappa shape index (κ1) is 23.1. The maximum Gasteiger partial charge on any atom is 0.411 e. The third kappa shape index (κ3) is 5.91. The number of allylic oxidation sites excluding steroid dienone is 2. The van der Waals surface area contributed by atoms with Gasteiger partial charge in [0.05, 0.1) is 44.0 Å². The molecule has 9 heteroatoms. The molecule has 2 rings (SSSR count). The van der Waals surface area contributed by atoms with Crippen molar-refractivity contribution in [3.8, 4) is 0 Å². The van der Waals surface area contributed by atoms with Gasteiger partial charge in [-0.1, -0.05) is 0 Å². The second-order valence-corrected chi connectivity index (χ2v) is 6.38. The average molecular weight is 417 g/mol. The number of alkyl carbamates (subject to hydrolysis) is 1. The van der Waals surface area contributed by atoms with Gasteiger partial charge in [0.2, 0.25) is 5.78 Å². The number of hydrogen-bond acceptors (Lipinski definition) is 8. The van der Waals surface area contributed by atoms with Crippen LogP contribution < -0.4 is 10.2 Å². The van der Waals surface area contributed by atoms with E-state index >= 15 is 0 Å². The number of ketones is 1. The molecule has 0 aliphatic heterocycles. The molecule has 0 radical (unpaired) electrons. The molecule has 30 heavy (non-hydrogen) atoms. The molecule has 1 amide bonds. The Balaban J connectivity index is 2.39. The average Bonchev–Trinajstić information content (AvgIpc) is 2.71. The number of aliphatic imine (C=N–C) groups is 1. The van der Waals surface area contributed by atoms with Crippen LogP contribution in [-0.4, -0.2) is 67.8 Å². The summed E-state index contributed by atoms with van der Waals surface area (Å²) in [5, 5.41) is 21.0. The quantitative estimate of drug-likeness (QED) is 0.522. The summed E-state index contributed by atoms with van der Waals surface area (Å²) in [6.45, 7) is 4.47. The highest BCUT2D eigenvalue weighted by Crippen LogP contribution is 2.26. The molecule has 1 aliphatic carbocycles. The van der Waals surface area contributed by atoms with Crippen molar-refractivity contribution in [2.45, 2.75) is 13.8 Å². The molecule has 162 valence electrons. The second-order valence-electron chi connectivity index (χ2n) is 6.38. The van der Waals surface area contributed by atoms with E-state index in [0.29, 0.717) is 24.5 Å². The molecule has 0 spiro atoms. The Kier molecular flexibility index (Phi) is 8.57. The van der Waals surface area contributed by atoms with Gasteiger partial charge in [-0.15, -0.1) is 0 Å². The topological polar surface area (TPSA) is 121 Å². The van der Waals surface area contributed by atoms with Gasteiger partial charge in [-0.05, 0) is 37.6 Å². The van der Waals surface area contributed by atoms with Crippen LogP contribution in [0.3, 0.4) is 0 Å². The summed E-state index contributed by atoms with van der Waals surface area (Å²) in [5.74, 6) is -0.284. The van der Waals surface area contributed by atoms with E-state index < -0.39 is 6.09 Å². The lowest BCUT2D eigenvalue weighted by atomic mass is 10.1. The van der Waals surface area contributed by atoms with Crippen molar-refractivity contribution in [1.29, 1.82) is 0 Å². The zero-order valence-corrected chi connectivity index (χ0v) is 17.3. The molecule has 0 heterocycles. The number of benzene rings is 1. The fraction of sp³-hybridized carbons (Fsp3) is 0.381. The maximum atomic E-state index is 12.1. The van der Waals surface area contributed by atoms with Crippen LogP contribution in [0.2, 0.25) is 0 Å². The highest BCUT2D eigenvalue weighted by atomic mass is 16.5. The van der Waals surface area contributed by atoms with E-state index in [0.717, 1.165) is 11.3 Å². The minimum Gasteiger partial charge on any atom is -0.493 e. The van der Waals surface area contributed by atoms with E-state index in [-0.39, 0.29) is 37.1 Å². The van der Waals surface area contributed by atoms with E-state index in [2.05, 4.69) is 10.3 Å². The van der Waals surface area contributed by atoms with Crippen molar-refractivity contribution in [2.24, 2.45) is 4.99 Å². The zero-order chi connectivity index (χ0) is 22.1. The Morgan fingerprint density at radius 1 is 1.20 bits per heavy atom. The number of methoxy groups -OCH3 is 1. The molecule has 1 aromatic rings. The summed E-state index contributed by atoms with van der Waals surface area (Å²) in [4.78, 5) is 30.4. The number of nitrogens with one attached hydrogen (secondary N) is 1. The van der Waals surface area contributed by atoms with E-state index in [1.165, 1.54) is 19.3 Å². The Morgan fingerprint density at radius 3 is 2.47 bits per heavy atom. The van der Waals surface area contributed by atoms with Crippen molar-refractivity contribution >= 4 is 29.0 Å². The van der Waals surface area contributed by atoms with Gasteiger partial charge in [-0.3, -0.25) is 10.1 Å². The molecule has 1 aliphatic rings. The molecule has 0 unspecified atom stereocenters. The molecular weight excluding hydrogens is 390 g/mol. The molecule has 3 N–H and O–H groups in total. The van der Waals surface area contributed by atoms with E-state index in [1.54, 1.807) is 13.0 Å². The van der Waals surface area contributed by atoms with Gasteiger partial charge >= 0.3 is 6.09 Å². The highest BCUT2D eigenvalue weighted by Gasteiger charge is 2.22.